The molecule has 5 rings (SSSR count). The number of rotatable bonds is 4. The van der Waals surface area contributed by atoms with Crippen molar-refractivity contribution >= 4 is 17.0 Å². The molecule has 0 amide bonds. The van der Waals surface area contributed by atoms with Gasteiger partial charge in [0.15, 0.2) is 5.65 Å². The Kier molecular flexibility index (Phi) is 5.32. The molecular weight excluding hydrogens is 405 g/mol. The van der Waals surface area contributed by atoms with Gasteiger partial charge in [-0.1, -0.05) is 12.1 Å². The summed E-state index contributed by atoms with van der Waals surface area (Å²) in [6.07, 6.45) is 3.55. The summed E-state index contributed by atoms with van der Waals surface area (Å²) in [6, 6.07) is 14.3. The van der Waals surface area contributed by atoms with Gasteiger partial charge in [-0.25, -0.2) is 19.3 Å². The van der Waals surface area contributed by atoms with Crippen molar-refractivity contribution in [1.29, 1.82) is 0 Å². The van der Waals surface area contributed by atoms with Crippen LogP contribution in [-0.4, -0.2) is 43.6 Å². The number of piperidine rings is 1. The Hall–Kier alpha value is -3.36. The largest absolute Gasteiger partial charge is 0.383 e. The number of pyridine rings is 2. The second-order valence-electron chi connectivity index (χ2n) is 8.30. The number of imidazole rings is 1. The van der Waals surface area contributed by atoms with E-state index in [1.807, 2.05) is 30.3 Å². The van der Waals surface area contributed by atoms with Crippen LogP contribution < -0.4 is 11.5 Å². The Morgan fingerprint density at radius 1 is 1.06 bits per heavy atom. The number of nitrogen functional groups attached to an aromatic ring is 1. The molecule has 1 aliphatic rings. The van der Waals surface area contributed by atoms with E-state index in [4.69, 9.17) is 21.4 Å². The van der Waals surface area contributed by atoms with E-state index >= 15 is 0 Å². The predicted molar refractivity (Wildman–Crippen MR) is 124 cm³/mol. The fourth-order valence-corrected chi connectivity index (χ4v) is 4.39. The van der Waals surface area contributed by atoms with Crippen LogP contribution in [-0.2, 0) is 0 Å². The van der Waals surface area contributed by atoms with E-state index < -0.39 is 0 Å². The lowest BCUT2D eigenvalue weighted by molar-refractivity contribution is 0.122. The minimum Gasteiger partial charge on any atom is -0.383 e. The van der Waals surface area contributed by atoms with Crippen LogP contribution in [0, 0.1) is 5.82 Å². The fraction of sp³-hybridized carbons (Fsp3) is 0.292. The zero-order valence-electron chi connectivity index (χ0n) is 17.9. The summed E-state index contributed by atoms with van der Waals surface area (Å²) in [5.41, 5.74) is 16.0. The Bertz CT molecular complexity index is 1260. The van der Waals surface area contributed by atoms with Crippen LogP contribution in [0.15, 0.2) is 54.7 Å². The molecule has 8 heteroatoms. The number of benzene rings is 1. The van der Waals surface area contributed by atoms with Gasteiger partial charge in [0, 0.05) is 30.9 Å². The summed E-state index contributed by atoms with van der Waals surface area (Å²) in [4.78, 5) is 16.4. The van der Waals surface area contributed by atoms with Gasteiger partial charge in [0.1, 0.15) is 23.0 Å². The number of hydrogen-bond acceptors (Lipinski definition) is 6. The summed E-state index contributed by atoms with van der Waals surface area (Å²) >= 11 is 0. The van der Waals surface area contributed by atoms with Gasteiger partial charge in [-0.15, -0.1) is 0 Å². The van der Waals surface area contributed by atoms with Crippen LogP contribution in [0.1, 0.15) is 25.9 Å². The average Bonchev–Trinajstić information content (AvgIpc) is 3.18. The van der Waals surface area contributed by atoms with Gasteiger partial charge in [-0.2, -0.15) is 0 Å². The first-order valence-corrected chi connectivity index (χ1v) is 10.9. The van der Waals surface area contributed by atoms with Crippen molar-refractivity contribution in [2.45, 2.75) is 32.0 Å². The van der Waals surface area contributed by atoms with E-state index in [-0.39, 0.29) is 18.0 Å². The fourth-order valence-electron chi connectivity index (χ4n) is 4.39. The molecule has 164 valence electrons. The van der Waals surface area contributed by atoms with E-state index in [1.54, 1.807) is 12.3 Å². The van der Waals surface area contributed by atoms with Crippen LogP contribution in [0.4, 0.5) is 10.2 Å². The Morgan fingerprint density at radius 3 is 2.62 bits per heavy atom. The summed E-state index contributed by atoms with van der Waals surface area (Å²) in [7, 11) is 0. The first-order valence-electron chi connectivity index (χ1n) is 10.9. The lowest BCUT2D eigenvalue weighted by Crippen LogP contribution is -2.42. The molecule has 7 nitrogen and oxygen atoms in total. The van der Waals surface area contributed by atoms with Gasteiger partial charge in [0.25, 0.3) is 0 Å². The van der Waals surface area contributed by atoms with E-state index in [9.17, 15) is 4.39 Å². The van der Waals surface area contributed by atoms with Gasteiger partial charge < -0.3 is 11.5 Å². The Labute approximate surface area is 185 Å². The predicted octanol–water partition coefficient (Wildman–Crippen LogP) is 3.82. The number of hydrogen-bond donors (Lipinski definition) is 2. The van der Waals surface area contributed by atoms with Crippen molar-refractivity contribution in [2.24, 2.45) is 5.73 Å². The number of nitrogens with two attached hydrogens (primary N) is 2. The number of nitrogens with zero attached hydrogens (tertiary/aromatic N) is 5. The van der Waals surface area contributed by atoms with Gasteiger partial charge in [0.05, 0.1) is 17.4 Å². The lowest BCUT2D eigenvalue weighted by Gasteiger charge is -2.36. The van der Waals surface area contributed by atoms with Crippen molar-refractivity contribution in [1.82, 2.24) is 24.4 Å². The van der Waals surface area contributed by atoms with Crippen molar-refractivity contribution in [2.75, 3.05) is 18.8 Å². The molecule has 32 heavy (non-hydrogen) atoms. The third-order valence-electron chi connectivity index (χ3n) is 6.21. The molecule has 4 heterocycles. The van der Waals surface area contributed by atoms with Gasteiger partial charge >= 0.3 is 0 Å². The number of aromatic nitrogens is 4. The molecule has 0 bridgehead atoms. The zero-order valence-corrected chi connectivity index (χ0v) is 17.9. The number of fused-ring (bicyclic) bond motifs is 1. The summed E-state index contributed by atoms with van der Waals surface area (Å²) in [5.74, 6) is 0.846. The second-order valence-corrected chi connectivity index (χ2v) is 8.30. The van der Waals surface area contributed by atoms with Crippen molar-refractivity contribution in [3.05, 3.63) is 60.5 Å². The van der Waals surface area contributed by atoms with Crippen molar-refractivity contribution in [3.63, 3.8) is 0 Å². The minimum absolute atomic E-state index is 0.0163. The molecule has 1 atom stereocenters. The van der Waals surface area contributed by atoms with Crippen molar-refractivity contribution in [3.8, 4) is 22.6 Å². The molecule has 4 aromatic rings. The van der Waals surface area contributed by atoms with Crippen LogP contribution in [0.25, 0.3) is 33.8 Å². The third kappa shape index (κ3) is 3.72. The Balaban J connectivity index is 1.68. The summed E-state index contributed by atoms with van der Waals surface area (Å²) in [5, 5.41) is 0. The number of likely N-dealkylation sites (tertiary alicyclic amines) is 1. The topological polar surface area (TPSA) is 98.9 Å². The highest BCUT2D eigenvalue weighted by molar-refractivity contribution is 5.82. The van der Waals surface area contributed by atoms with Gasteiger partial charge in [-0.3, -0.25) is 9.47 Å². The van der Waals surface area contributed by atoms with Crippen LogP contribution in [0.2, 0.25) is 0 Å². The highest BCUT2D eigenvalue weighted by atomic mass is 19.1. The third-order valence-corrected chi connectivity index (χ3v) is 6.21. The second kappa shape index (κ2) is 8.29. The molecule has 1 fully saturated rings. The standard InChI is InChI=1S/C24H26FN7/c1-15(31-12-9-18(26)10-13-31)32-23(19-6-3-11-28-22(19)27)30-21-8-7-20(29-24(21)32)16-4-2-5-17(25)14-16/h2-8,11,14-15,18H,9-10,12-13,26H2,1H3,(H2,27,28). The molecular formula is C24H26FN7. The van der Waals surface area contributed by atoms with Crippen LogP contribution in [0.3, 0.4) is 0 Å². The van der Waals surface area contributed by atoms with Crippen LogP contribution >= 0.6 is 0 Å². The van der Waals surface area contributed by atoms with E-state index in [0.29, 0.717) is 11.5 Å². The summed E-state index contributed by atoms with van der Waals surface area (Å²) in [6.45, 7) is 3.94. The number of anilines is 1. The molecule has 1 aromatic carbocycles. The first-order chi connectivity index (χ1) is 15.5. The lowest BCUT2D eigenvalue weighted by atomic mass is 10.1. The molecule has 3 aromatic heterocycles. The number of halogens is 1. The molecule has 4 N–H and O–H groups in total. The molecule has 1 aliphatic heterocycles. The SMILES string of the molecule is CC(N1CCC(N)CC1)n1c(-c2cccnc2N)nc2ccc(-c3cccc(F)c3)nc21. The van der Waals surface area contributed by atoms with Crippen molar-refractivity contribution < 1.29 is 4.39 Å². The Morgan fingerprint density at radius 2 is 1.88 bits per heavy atom. The average molecular weight is 432 g/mol. The molecule has 0 spiro atoms. The van der Waals surface area contributed by atoms with E-state index in [1.165, 1.54) is 12.1 Å². The highest BCUT2D eigenvalue weighted by Crippen LogP contribution is 2.33. The first kappa shape index (κ1) is 20.5. The zero-order chi connectivity index (χ0) is 22.2. The normalized spacial score (nSPS) is 16.5. The smallest absolute Gasteiger partial charge is 0.162 e. The van der Waals surface area contributed by atoms with E-state index in [0.717, 1.165) is 54.0 Å². The molecule has 0 radical (unpaired) electrons. The van der Waals surface area contributed by atoms with Gasteiger partial charge in [0.2, 0.25) is 0 Å². The molecule has 0 saturated carbocycles. The van der Waals surface area contributed by atoms with E-state index in [2.05, 4.69) is 21.4 Å². The van der Waals surface area contributed by atoms with Gasteiger partial charge in [-0.05, 0) is 56.2 Å². The highest BCUT2D eigenvalue weighted by Gasteiger charge is 2.27. The maximum atomic E-state index is 13.8. The monoisotopic (exact) mass is 431 g/mol. The van der Waals surface area contributed by atoms with Crippen LogP contribution in [0.5, 0.6) is 0 Å². The maximum Gasteiger partial charge on any atom is 0.162 e. The molecule has 1 saturated heterocycles. The molecule has 1 unspecified atom stereocenters. The quantitative estimate of drug-likeness (QED) is 0.510. The minimum atomic E-state index is -0.292. The maximum absolute atomic E-state index is 13.8. The molecule has 0 aliphatic carbocycles. The summed E-state index contributed by atoms with van der Waals surface area (Å²) < 4.78 is 15.9.